The Kier molecular flexibility index (Phi) is 3.82. The van der Waals surface area contributed by atoms with Crippen molar-refractivity contribution in [3.05, 3.63) is 6.07 Å². The Labute approximate surface area is 122 Å². The molecule has 5 nitrogen and oxygen atoms in total. The molecule has 1 aliphatic carbocycles. The van der Waals surface area contributed by atoms with Crippen LogP contribution in [0, 0.1) is 5.92 Å². The van der Waals surface area contributed by atoms with E-state index in [-0.39, 0.29) is 18.9 Å². The van der Waals surface area contributed by atoms with Gasteiger partial charge in [-0.15, -0.1) is 0 Å². The SMILES string of the molecule is Nc1nc(NCC2CCCC2)cc(N2CCC(F)(F)C2)n1. The van der Waals surface area contributed by atoms with E-state index in [1.807, 2.05) is 0 Å². The van der Waals surface area contributed by atoms with Gasteiger partial charge < -0.3 is 16.0 Å². The molecule has 0 aromatic carbocycles. The second-order valence-electron chi connectivity index (χ2n) is 6.03. The van der Waals surface area contributed by atoms with Gasteiger partial charge in [-0.2, -0.15) is 9.97 Å². The lowest BCUT2D eigenvalue weighted by Gasteiger charge is -2.18. The van der Waals surface area contributed by atoms with Crippen LogP contribution in [-0.4, -0.2) is 35.5 Å². The van der Waals surface area contributed by atoms with Crippen LogP contribution in [0.3, 0.4) is 0 Å². The van der Waals surface area contributed by atoms with Crippen LogP contribution in [0.5, 0.6) is 0 Å². The minimum Gasteiger partial charge on any atom is -0.370 e. The van der Waals surface area contributed by atoms with E-state index in [9.17, 15) is 8.78 Å². The molecule has 3 rings (SSSR count). The van der Waals surface area contributed by atoms with Crippen molar-refractivity contribution < 1.29 is 8.78 Å². The van der Waals surface area contributed by atoms with Gasteiger partial charge in [-0.1, -0.05) is 12.8 Å². The van der Waals surface area contributed by atoms with Gasteiger partial charge in [-0.3, -0.25) is 0 Å². The van der Waals surface area contributed by atoms with Gasteiger partial charge in [0.2, 0.25) is 5.95 Å². The second-order valence-corrected chi connectivity index (χ2v) is 6.03. The van der Waals surface area contributed by atoms with Crippen LogP contribution in [0.4, 0.5) is 26.4 Å². The zero-order valence-electron chi connectivity index (χ0n) is 12.0. The highest BCUT2D eigenvalue weighted by Gasteiger charge is 2.38. The highest BCUT2D eigenvalue weighted by Crippen LogP contribution is 2.31. The average Bonchev–Trinajstić information content (AvgIpc) is 3.05. The van der Waals surface area contributed by atoms with Gasteiger partial charge in [0.05, 0.1) is 6.54 Å². The van der Waals surface area contributed by atoms with Gasteiger partial charge in [0, 0.05) is 25.6 Å². The normalized spacial score (nSPS) is 21.9. The van der Waals surface area contributed by atoms with Crippen molar-refractivity contribution in [2.24, 2.45) is 5.92 Å². The molecule has 1 saturated carbocycles. The van der Waals surface area contributed by atoms with Gasteiger partial charge in [0.25, 0.3) is 5.92 Å². The third-order valence-electron chi connectivity index (χ3n) is 4.27. The number of aromatic nitrogens is 2. The molecule has 0 amide bonds. The first-order valence-electron chi connectivity index (χ1n) is 7.53. The van der Waals surface area contributed by atoms with E-state index < -0.39 is 5.92 Å². The Bertz CT molecular complexity index is 502. The summed E-state index contributed by atoms with van der Waals surface area (Å²) in [5, 5.41) is 3.27. The fourth-order valence-corrected chi connectivity index (χ4v) is 3.10. The molecule has 2 heterocycles. The third-order valence-corrected chi connectivity index (χ3v) is 4.27. The average molecular weight is 297 g/mol. The van der Waals surface area contributed by atoms with Crippen molar-refractivity contribution >= 4 is 17.6 Å². The van der Waals surface area contributed by atoms with Crippen molar-refractivity contribution in [2.75, 3.05) is 35.6 Å². The molecule has 0 spiro atoms. The number of hydrogen-bond donors (Lipinski definition) is 2. The summed E-state index contributed by atoms with van der Waals surface area (Å²) in [5.74, 6) is -0.748. The summed E-state index contributed by atoms with van der Waals surface area (Å²) in [7, 11) is 0. The Hall–Kier alpha value is -1.66. The smallest absolute Gasteiger partial charge is 0.266 e. The van der Waals surface area contributed by atoms with Gasteiger partial charge in [-0.05, 0) is 18.8 Å². The van der Waals surface area contributed by atoms with Crippen molar-refractivity contribution in [3.63, 3.8) is 0 Å². The summed E-state index contributed by atoms with van der Waals surface area (Å²) in [4.78, 5) is 9.79. The number of nitrogen functional groups attached to an aromatic ring is 1. The van der Waals surface area contributed by atoms with Gasteiger partial charge in [-0.25, -0.2) is 8.78 Å². The predicted molar refractivity (Wildman–Crippen MR) is 78.7 cm³/mol. The Morgan fingerprint density at radius 1 is 1.33 bits per heavy atom. The zero-order chi connectivity index (χ0) is 14.9. The summed E-state index contributed by atoms with van der Waals surface area (Å²) in [6.07, 6.45) is 4.90. The van der Waals surface area contributed by atoms with Crippen LogP contribution in [0.25, 0.3) is 0 Å². The number of alkyl halides is 2. The molecule has 1 aromatic heterocycles. The van der Waals surface area contributed by atoms with Gasteiger partial charge >= 0.3 is 0 Å². The Morgan fingerprint density at radius 2 is 2.10 bits per heavy atom. The zero-order valence-corrected chi connectivity index (χ0v) is 12.0. The molecule has 1 aliphatic heterocycles. The summed E-state index contributed by atoms with van der Waals surface area (Å²) >= 11 is 0. The first-order valence-corrected chi connectivity index (χ1v) is 7.53. The molecule has 1 saturated heterocycles. The minimum absolute atomic E-state index is 0.122. The fourth-order valence-electron chi connectivity index (χ4n) is 3.10. The van der Waals surface area contributed by atoms with E-state index in [4.69, 9.17) is 5.73 Å². The van der Waals surface area contributed by atoms with Crippen molar-refractivity contribution in [1.82, 2.24) is 9.97 Å². The highest BCUT2D eigenvalue weighted by molar-refractivity contribution is 5.53. The Morgan fingerprint density at radius 3 is 2.76 bits per heavy atom. The van der Waals surface area contributed by atoms with Crippen LogP contribution in [0.1, 0.15) is 32.1 Å². The molecule has 0 bridgehead atoms. The van der Waals surface area contributed by atoms with Crippen molar-refractivity contribution in [2.45, 2.75) is 38.0 Å². The maximum atomic E-state index is 13.3. The van der Waals surface area contributed by atoms with Gasteiger partial charge in [0.15, 0.2) is 0 Å². The van der Waals surface area contributed by atoms with Crippen LogP contribution < -0.4 is 16.0 Å². The lowest BCUT2D eigenvalue weighted by molar-refractivity contribution is 0.0256. The molecular weight excluding hydrogens is 276 g/mol. The quantitative estimate of drug-likeness (QED) is 0.894. The molecule has 3 N–H and O–H groups in total. The molecule has 2 aliphatic rings. The largest absolute Gasteiger partial charge is 0.370 e. The number of hydrogen-bond acceptors (Lipinski definition) is 5. The monoisotopic (exact) mass is 297 g/mol. The molecule has 116 valence electrons. The maximum Gasteiger partial charge on any atom is 0.266 e. The van der Waals surface area contributed by atoms with Crippen LogP contribution in [-0.2, 0) is 0 Å². The van der Waals surface area contributed by atoms with E-state index >= 15 is 0 Å². The number of nitrogens with two attached hydrogens (primary N) is 1. The van der Waals surface area contributed by atoms with Crippen LogP contribution >= 0.6 is 0 Å². The maximum absolute atomic E-state index is 13.3. The van der Waals surface area contributed by atoms with Crippen molar-refractivity contribution in [1.29, 1.82) is 0 Å². The number of anilines is 3. The second kappa shape index (κ2) is 5.61. The molecule has 0 radical (unpaired) electrons. The number of rotatable bonds is 4. The van der Waals surface area contributed by atoms with E-state index in [1.165, 1.54) is 25.7 Å². The fraction of sp³-hybridized carbons (Fsp3) is 0.714. The first-order chi connectivity index (χ1) is 10.0. The number of nitrogens with one attached hydrogen (secondary N) is 1. The molecule has 0 unspecified atom stereocenters. The molecule has 0 atom stereocenters. The van der Waals surface area contributed by atoms with Gasteiger partial charge in [0.1, 0.15) is 11.6 Å². The number of halogens is 2. The number of nitrogens with zero attached hydrogens (tertiary/aromatic N) is 3. The topological polar surface area (TPSA) is 67.1 Å². The summed E-state index contributed by atoms with van der Waals surface area (Å²) in [6, 6.07) is 1.71. The van der Waals surface area contributed by atoms with E-state index in [2.05, 4.69) is 15.3 Å². The van der Waals surface area contributed by atoms with Crippen LogP contribution in [0.2, 0.25) is 0 Å². The van der Waals surface area contributed by atoms with E-state index in [0.717, 1.165) is 6.54 Å². The predicted octanol–water partition coefficient (Wildman–Crippen LogP) is 2.51. The summed E-state index contributed by atoms with van der Waals surface area (Å²) in [6.45, 7) is 0.850. The highest BCUT2D eigenvalue weighted by atomic mass is 19.3. The van der Waals surface area contributed by atoms with E-state index in [1.54, 1.807) is 11.0 Å². The standard InChI is InChI=1S/C14H21F2N5/c15-14(16)5-6-21(9-14)12-7-11(19-13(17)20-12)18-8-10-3-1-2-4-10/h7,10H,1-6,8-9H2,(H3,17,18,19,20). The lowest BCUT2D eigenvalue weighted by atomic mass is 10.1. The molecule has 2 fully saturated rings. The summed E-state index contributed by atoms with van der Waals surface area (Å²) < 4.78 is 26.6. The van der Waals surface area contributed by atoms with Crippen LogP contribution in [0.15, 0.2) is 6.07 Å². The van der Waals surface area contributed by atoms with Crippen molar-refractivity contribution in [3.8, 4) is 0 Å². The Balaban J connectivity index is 1.67. The molecule has 1 aromatic rings. The minimum atomic E-state index is -2.64. The lowest BCUT2D eigenvalue weighted by Crippen LogP contribution is -2.26. The molecule has 21 heavy (non-hydrogen) atoms. The third kappa shape index (κ3) is 3.51. The molecule has 7 heteroatoms. The molecular formula is C14H21F2N5. The van der Waals surface area contributed by atoms with E-state index in [0.29, 0.717) is 24.1 Å². The summed E-state index contributed by atoms with van der Waals surface area (Å²) in [5.41, 5.74) is 5.70. The first kappa shape index (κ1) is 14.3.